The van der Waals surface area contributed by atoms with Gasteiger partial charge in [0.25, 0.3) is 5.91 Å². The van der Waals surface area contributed by atoms with Crippen LogP contribution < -0.4 is 5.32 Å². The van der Waals surface area contributed by atoms with E-state index < -0.39 is 0 Å². The van der Waals surface area contributed by atoms with E-state index in [0.29, 0.717) is 11.4 Å². The van der Waals surface area contributed by atoms with E-state index >= 15 is 0 Å². The number of nitrogens with zero attached hydrogens (tertiary/aromatic N) is 2. The highest BCUT2D eigenvalue weighted by atomic mass is 32.1. The predicted molar refractivity (Wildman–Crippen MR) is 106 cm³/mol. The normalized spacial score (nSPS) is 20.9. The first-order valence-corrected chi connectivity index (χ1v) is 10.0. The minimum atomic E-state index is -0.0223. The zero-order valence-corrected chi connectivity index (χ0v) is 16.5. The number of amides is 1. The van der Waals surface area contributed by atoms with Crippen LogP contribution in [0.15, 0.2) is 30.3 Å². The molecule has 0 unspecified atom stereocenters. The molecule has 1 N–H and O–H groups in total. The van der Waals surface area contributed by atoms with E-state index in [1.807, 2.05) is 37.3 Å². The number of aryl methyl sites for hydroxylation is 1. The number of carbonyl (C=O) groups is 1. The maximum absolute atomic E-state index is 12.5. The molecule has 0 spiro atoms. The average molecular weight is 374 g/mol. The van der Waals surface area contributed by atoms with Gasteiger partial charge in [-0.25, -0.2) is 4.98 Å². The molecule has 1 aromatic carbocycles. The zero-order chi connectivity index (χ0) is 18.5. The SMILES string of the molecule is Cc1nc(-c2ccccc2)sc1C(=O)NCCCN1C[C@@H](C)O[C@@H](C)C1. The van der Waals surface area contributed by atoms with E-state index in [4.69, 9.17) is 4.74 Å². The summed E-state index contributed by atoms with van der Waals surface area (Å²) in [7, 11) is 0. The van der Waals surface area contributed by atoms with Gasteiger partial charge in [0, 0.05) is 31.7 Å². The van der Waals surface area contributed by atoms with Crippen LogP contribution in [0, 0.1) is 6.92 Å². The molecule has 1 fully saturated rings. The van der Waals surface area contributed by atoms with Crippen LogP contribution in [0.2, 0.25) is 0 Å². The number of carbonyl (C=O) groups excluding carboxylic acids is 1. The Morgan fingerprint density at radius 2 is 1.96 bits per heavy atom. The van der Waals surface area contributed by atoms with Gasteiger partial charge in [-0.15, -0.1) is 11.3 Å². The Morgan fingerprint density at radius 1 is 1.27 bits per heavy atom. The Bertz CT molecular complexity index is 722. The summed E-state index contributed by atoms with van der Waals surface area (Å²) < 4.78 is 5.75. The third-order valence-electron chi connectivity index (χ3n) is 4.46. The topological polar surface area (TPSA) is 54.5 Å². The third-order valence-corrected chi connectivity index (χ3v) is 5.66. The van der Waals surface area contributed by atoms with E-state index in [2.05, 4.69) is 29.0 Å². The number of aromatic nitrogens is 1. The van der Waals surface area contributed by atoms with Crippen molar-refractivity contribution in [2.45, 2.75) is 39.4 Å². The number of morpholine rings is 1. The maximum Gasteiger partial charge on any atom is 0.263 e. The summed E-state index contributed by atoms with van der Waals surface area (Å²) >= 11 is 1.46. The van der Waals surface area contributed by atoms with Gasteiger partial charge in [0.15, 0.2) is 0 Å². The molecule has 3 rings (SSSR count). The van der Waals surface area contributed by atoms with Crippen molar-refractivity contribution in [2.24, 2.45) is 0 Å². The lowest BCUT2D eigenvalue weighted by molar-refractivity contribution is -0.0679. The van der Waals surface area contributed by atoms with Crippen LogP contribution in [-0.4, -0.2) is 54.2 Å². The summed E-state index contributed by atoms with van der Waals surface area (Å²) in [4.78, 5) is 20.2. The van der Waals surface area contributed by atoms with Gasteiger partial charge < -0.3 is 10.1 Å². The molecule has 1 aromatic heterocycles. The van der Waals surface area contributed by atoms with Gasteiger partial charge in [0.05, 0.1) is 17.9 Å². The third kappa shape index (κ3) is 4.90. The maximum atomic E-state index is 12.5. The van der Waals surface area contributed by atoms with Crippen molar-refractivity contribution in [3.05, 3.63) is 40.9 Å². The number of ether oxygens (including phenoxy) is 1. The van der Waals surface area contributed by atoms with Crippen molar-refractivity contribution in [1.82, 2.24) is 15.2 Å². The molecule has 0 bridgehead atoms. The molecule has 6 heteroatoms. The summed E-state index contributed by atoms with van der Waals surface area (Å²) in [5.74, 6) is -0.0223. The summed E-state index contributed by atoms with van der Waals surface area (Å²) in [5.41, 5.74) is 1.84. The second-order valence-corrected chi connectivity index (χ2v) is 7.92. The molecule has 1 aliphatic rings. The van der Waals surface area contributed by atoms with Crippen molar-refractivity contribution in [2.75, 3.05) is 26.2 Å². The Kier molecular flexibility index (Phi) is 6.40. The lowest BCUT2D eigenvalue weighted by Crippen LogP contribution is -2.46. The van der Waals surface area contributed by atoms with Crippen LogP contribution in [0.3, 0.4) is 0 Å². The van der Waals surface area contributed by atoms with Crippen LogP contribution in [0.4, 0.5) is 0 Å². The van der Waals surface area contributed by atoms with E-state index in [1.165, 1.54) is 11.3 Å². The summed E-state index contributed by atoms with van der Waals surface area (Å²) in [6.45, 7) is 9.71. The van der Waals surface area contributed by atoms with Crippen LogP contribution in [0.5, 0.6) is 0 Å². The number of rotatable bonds is 6. The molecule has 0 aliphatic carbocycles. The fourth-order valence-corrected chi connectivity index (χ4v) is 4.35. The van der Waals surface area contributed by atoms with Crippen molar-refractivity contribution in [1.29, 1.82) is 0 Å². The lowest BCUT2D eigenvalue weighted by Gasteiger charge is -2.35. The van der Waals surface area contributed by atoms with E-state index in [-0.39, 0.29) is 18.1 Å². The number of thiazole rings is 1. The molecule has 1 saturated heterocycles. The van der Waals surface area contributed by atoms with Gasteiger partial charge in [0.2, 0.25) is 0 Å². The minimum Gasteiger partial charge on any atom is -0.373 e. The molecule has 140 valence electrons. The van der Waals surface area contributed by atoms with Crippen LogP contribution in [-0.2, 0) is 4.74 Å². The number of benzene rings is 1. The van der Waals surface area contributed by atoms with E-state index in [1.54, 1.807) is 0 Å². The lowest BCUT2D eigenvalue weighted by atomic mass is 10.2. The van der Waals surface area contributed by atoms with Gasteiger partial charge in [0.1, 0.15) is 9.88 Å². The number of hydrogen-bond donors (Lipinski definition) is 1. The Balaban J connectivity index is 1.49. The molecule has 5 nitrogen and oxygen atoms in total. The summed E-state index contributed by atoms with van der Waals surface area (Å²) in [6.07, 6.45) is 1.50. The highest BCUT2D eigenvalue weighted by Gasteiger charge is 2.21. The van der Waals surface area contributed by atoms with Crippen molar-refractivity contribution in [3.63, 3.8) is 0 Å². The zero-order valence-electron chi connectivity index (χ0n) is 15.7. The largest absolute Gasteiger partial charge is 0.373 e. The van der Waals surface area contributed by atoms with Gasteiger partial charge >= 0.3 is 0 Å². The monoisotopic (exact) mass is 373 g/mol. The fraction of sp³-hybridized carbons (Fsp3) is 0.500. The molecule has 1 aliphatic heterocycles. The van der Waals surface area contributed by atoms with Gasteiger partial charge in [-0.3, -0.25) is 9.69 Å². The van der Waals surface area contributed by atoms with Gasteiger partial charge in [-0.2, -0.15) is 0 Å². The summed E-state index contributed by atoms with van der Waals surface area (Å²) in [6, 6.07) is 9.99. The van der Waals surface area contributed by atoms with Crippen molar-refractivity contribution < 1.29 is 9.53 Å². The molecule has 1 amide bonds. The molecule has 26 heavy (non-hydrogen) atoms. The molecule has 2 atom stereocenters. The Labute approximate surface area is 159 Å². The number of nitrogens with one attached hydrogen (secondary N) is 1. The van der Waals surface area contributed by atoms with E-state index in [9.17, 15) is 4.79 Å². The molecular weight excluding hydrogens is 346 g/mol. The van der Waals surface area contributed by atoms with Crippen LogP contribution in [0.1, 0.15) is 35.6 Å². The van der Waals surface area contributed by atoms with Gasteiger partial charge in [-0.05, 0) is 27.2 Å². The van der Waals surface area contributed by atoms with Crippen molar-refractivity contribution >= 4 is 17.2 Å². The van der Waals surface area contributed by atoms with Crippen LogP contribution >= 0.6 is 11.3 Å². The molecule has 0 saturated carbocycles. The fourth-order valence-electron chi connectivity index (χ4n) is 3.36. The standard InChI is InChI=1S/C20H27N3O2S/c1-14-12-23(13-15(2)25-14)11-7-10-21-19(24)18-16(3)22-20(26-18)17-8-5-4-6-9-17/h4-6,8-9,14-15H,7,10-13H2,1-3H3,(H,21,24)/t14-,15+. The number of hydrogen-bond acceptors (Lipinski definition) is 5. The molecule has 0 radical (unpaired) electrons. The quantitative estimate of drug-likeness (QED) is 0.789. The van der Waals surface area contributed by atoms with Crippen LogP contribution in [0.25, 0.3) is 10.6 Å². The van der Waals surface area contributed by atoms with Gasteiger partial charge in [-0.1, -0.05) is 30.3 Å². The average Bonchev–Trinajstić information content (AvgIpc) is 3.00. The summed E-state index contributed by atoms with van der Waals surface area (Å²) in [5, 5.41) is 3.93. The van der Waals surface area contributed by atoms with Crippen molar-refractivity contribution in [3.8, 4) is 10.6 Å². The first-order chi connectivity index (χ1) is 12.5. The Hall–Kier alpha value is -1.76. The highest BCUT2D eigenvalue weighted by Crippen LogP contribution is 2.27. The second kappa shape index (κ2) is 8.75. The Morgan fingerprint density at radius 3 is 2.65 bits per heavy atom. The molecular formula is C20H27N3O2S. The predicted octanol–water partition coefficient (Wildman–Crippen LogP) is 3.35. The smallest absolute Gasteiger partial charge is 0.263 e. The first-order valence-electron chi connectivity index (χ1n) is 9.22. The minimum absolute atomic E-state index is 0.0223. The highest BCUT2D eigenvalue weighted by molar-refractivity contribution is 7.17. The molecule has 2 aromatic rings. The first kappa shape index (κ1) is 19.0. The van der Waals surface area contributed by atoms with E-state index in [0.717, 1.165) is 42.3 Å². The molecule has 2 heterocycles. The second-order valence-electron chi connectivity index (χ2n) is 6.93.